The summed E-state index contributed by atoms with van der Waals surface area (Å²) in [7, 11) is 0. The van der Waals surface area contributed by atoms with E-state index in [1.807, 2.05) is 6.07 Å². The van der Waals surface area contributed by atoms with Crippen molar-refractivity contribution in [3.63, 3.8) is 0 Å². The maximum Gasteiger partial charge on any atom is 0.0453 e. The van der Waals surface area contributed by atoms with E-state index in [2.05, 4.69) is 65.3 Å². The number of rotatable bonds is 2. The molecule has 2 heteroatoms. The molecule has 0 aliphatic heterocycles. The van der Waals surface area contributed by atoms with Gasteiger partial charge in [-0.25, -0.2) is 0 Å². The third kappa shape index (κ3) is 2.43. The molecule has 1 aliphatic rings. The van der Waals surface area contributed by atoms with Crippen LogP contribution in [-0.4, -0.2) is 0 Å². The summed E-state index contributed by atoms with van der Waals surface area (Å²) in [4.78, 5) is 0. The minimum Gasteiger partial charge on any atom is -0.321 e. The summed E-state index contributed by atoms with van der Waals surface area (Å²) in [6.07, 6.45) is 3.10. The average Bonchev–Trinajstić information content (AvgIpc) is 2.46. The van der Waals surface area contributed by atoms with Crippen LogP contribution in [-0.2, 0) is 12.0 Å². The maximum absolute atomic E-state index is 6.81. The molecular weight excluding hydrogens is 310 g/mol. The Balaban J connectivity index is 2.01. The summed E-state index contributed by atoms with van der Waals surface area (Å²) in [5.41, 5.74) is 10.6. The molecular formula is C18H20BrN. The van der Waals surface area contributed by atoms with Gasteiger partial charge in [-0.15, -0.1) is 0 Å². The molecule has 0 amide bonds. The lowest BCUT2D eigenvalue weighted by molar-refractivity contribution is 0.348. The number of nitrogens with two attached hydrogens (primary N) is 1. The number of hydrogen-bond acceptors (Lipinski definition) is 1. The van der Waals surface area contributed by atoms with Gasteiger partial charge in [0.2, 0.25) is 0 Å². The van der Waals surface area contributed by atoms with E-state index in [1.54, 1.807) is 0 Å². The van der Waals surface area contributed by atoms with Crippen LogP contribution >= 0.6 is 15.9 Å². The number of hydrogen-bond donors (Lipinski definition) is 1. The van der Waals surface area contributed by atoms with Crippen LogP contribution in [0.1, 0.15) is 42.4 Å². The summed E-state index contributed by atoms with van der Waals surface area (Å²) >= 11 is 3.64. The van der Waals surface area contributed by atoms with Gasteiger partial charge in [0.05, 0.1) is 0 Å². The summed E-state index contributed by atoms with van der Waals surface area (Å²) in [5.74, 6) is 0.613. The van der Waals surface area contributed by atoms with Gasteiger partial charge in [0, 0.05) is 10.0 Å². The van der Waals surface area contributed by atoms with Crippen molar-refractivity contribution in [1.82, 2.24) is 0 Å². The first-order chi connectivity index (χ1) is 9.60. The molecule has 104 valence electrons. The Morgan fingerprint density at radius 1 is 1.15 bits per heavy atom. The zero-order chi connectivity index (χ0) is 14.2. The van der Waals surface area contributed by atoms with Gasteiger partial charge in [-0.2, -0.15) is 0 Å². The second kappa shape index (κ2) is 5.34. The van der Waals surface area contributed by atoms with E-state index < -0.39 is 0 Å². The molecule has 2 aromatic carbocycles. The van der Waals surface area contributed by atoms with E-state index in [0.717, 1.165) is 23.7 Å². The van der Waals surface area contributed by atoms with E-state index in [0.29, 0.717) is 5.92 Å². The topological polar surface area (TPSA) is 26.0 Å². The van der Waals surface area contributed by atoms with Gasteiger partial charge in [0.1, 0.15) is 0 Å². The van der Waals surface area contributed by atoms with Gasteiger partial charge in [-0.3, -0.25) is 0 Å². The Kier molecular flexibility index (Phi) is 3.70. The fourth-order valence-corrected chi connectivity index (χ4v) is 3.73. The van der Waals surface area contributed by atoms with Crippen LogP contribution < -0.4 is 5.73 Å². The third-order valence-corrected chi connectivity index (χ3v) is 5.29. The molecule has 0 heterocycles. The predicted octanol–water partition coefficient (Wildman–Crippen LogP) is 4.74. The summed E-state index contributed by atoms with van der Waals surface area (Å²) in [5, 5.41) is 0. The highest BCUT2D eigenvalue weighted by Crippen LogP contribution is 2.42. The first kappa shape index (κ1) is 13.8. The molecule has 2 unspecified atom stereocenters. The fraction of sp³-hybridized carbons (Fsp3) is 0.333. The first-order valence-corrected chi connectivity index (χ1v) is 8.01. The summed E-state index contributed by atoms with van der Waals surface area (Å²) < 4.78 is 1.15. The molecule has 0 saturated heterocycles. The van der Waals surface area contributed by atoms with Gasteiger partial charge in [-0.1, -0.05) is 65.3 Å². The standard InChI is InChI=1S/C18H20BrN/c1-13-10-11-18(20,16-8-4-3-7-15(13)16)12-14-6-2-5-9-17(14)19/h2-9,13H,10-12,20H2,1H3. The van der Waals surface area contributed by atoms with Crippen molar-refractivity contribution < 1.29 is 0 Å². The van der Waals surface area contributed by atoms with E-state index >= 15 is 0 Å². The van der Waals surface area contributed by atoms with Crippen molar-refractivity contribution >= 4 is 15.9 Å². The van der Waals surface area contributed by atoms with Crippen LogP contribution in [0, 0.1) is 0 Å². The van der Waals surface area contributed by atoms with Gasteiger partial charge in [0.25, 0.3) is 0 Å². The smallest absolute Gasteiger partial charge is 0.0453 e. The quantitative estimate of drug-likeness (QED) is 0.845. The van der Waals surface area contributed by atoms with Crippen LogP contribution in [0.3, 0.4) is 0 Å². The van der Waals surface area contributed by atoms with E-state index in [9.17, 15) is 0 Å². The van der Waals surface area contributed by atoms with E-state index in [4.69, 9.17) is 5.73 Å². The third-order valence-electron chi connectivity index (χ3n) is 4.52. The van der Waals surface area contributed by atoms with Crippen LogP contribution in [0.25, 0.3) is 0 Å². The molecule has 0 bridgehead atoms. The molecule has 2 N–H and O–H groups in total. The fourth-order valence-electron chi connectivity index (χ4n) is 3.31. The molecule has 0 fully saturated rings. The average molecular weight is 330 g/mol. The lowest BCUT2D eigenvalue weighted by Gasteiger charge is -2.39. The molecule has 0 saturated carbocycles. The summed E-state index contributed by atoms with van der Waals surface area (Å²) in [6, 6.07) is 17.1. The Bertz CT molecular complexity index is 622. The molecule has 20 heavy (non-hydrogen) atoms. The van der Waals surface area contributed by atoms with Crippen molar-refractivity contribution in [3.8, 4) is 0 Å². The Hall–Kier alpha value is -1.12. The SMILES string of the molecule is CC1CCC(N)(Cc2ccccc2Br)c2ccccc21. The molecule has 1 aliphatic carbocycles. The zero-order valence-corrected chi connectivity index (χ0v) is 13.4. The maximum atomic E-state index is 6.81. The van der Waals surface area contributed by atoms with Crippen molar-refractivity contribution in [2.75, 3.05) is 0 Å². The van der Waals surface area contributed by atoms with Crippen molar-refractivity contribution in [2.45, 2.75) is 37.6 Å². The Labute approximate surface area is 129 Å². The normalized spacial score (nSPS) is 25.2. The van der Waals surface area contributed by atoms with Crippen LogP contribution in [0.2, 0.25) is 0 Å². The lowest BCUT2D eigenvalue weighted by Crippen LogP contribution is -2.42. The van der Waals surface area contributed by atoms with Crippen molar-refractivity contribution in [3.05, 3.63) is 69.7 Å². The van der Waals surface area contributed by atoms with Gasteiger partial charge >= 0.3 is 0 Å². The second-order valence-electron chi connectivity index (χ2n) is 5.95. The summed E-state index contributed by atoms with van der Waals surface area (Å²) in [6.45, 7) is 2.30. The zero-order valence-electron chi connectivity index (χ0n) is 11.8. The molecule has 0 spiro atoms. The highest BCUT2D eigenvalue weighted by atomic mass is 79.9. The monoisotopic (exact) mass is 329 g/mol. The van der Waals surface area contributed by atoms with Crippen molar-refractivity contribution in [1.29, 1.82) is 0 Å². The van der Waals surface area contributed by atoms with Crippen molar-refractivity contribution in [2.24, 2.45) is 5.73 Å². The second-order valence-corrected chi connectivity index (χ2v) is 6.81. The van der Waals surface area contributed by atoms with E-state index in [-0.39, 0.29) is 5.54 Å². The molecule has 3 rings (SSSR count). The first-order valence-electron chi connectivity index (χ1n) is 7.22. The van der Waals surface area contributed by atoms with E-state index in [1.165, 1.54) is 16.7 Å². The molecule has 0 aromatic heterocycles. The van der Waals surface area contributed by atoms with Crippen LogP contribution in [0.15, 0.2) is 53.0 Å². The minimum absolute atomic E-state index is 0.243. The van der Waals surface area contributed by atoms with Gasteiger partial charge in [-0.05, 0) is 47.9 Å². The minimum atomic E-state index is -0.243. The molecule has 2 aromatic rings. The van der Waals surface area contributed by atoms with Crippen LogP contribution in [0.5, 0.6) is 0 Å². The molecule has 2 atom stereocenters. The van der Waals surface area contributed by atoms with Gasteiger partial charge in [0.15, 0.2) is 0 Å². The Morgan fingerprint density at radius 3 is 2.65 bits per heavy atom. The largest absolute Gasteiger partial charge is 0.321 e. The highest BCUT2D eigenvalue weighted by molar-refractivity contribution is 9.10. The lowest BCUT2D eigenvalue weighted by atomic mass is 9.70. The highest BCUT2D eigenvalue weighted by Gasteiger charge is 2.35. The Morgan fingerprint density at radius 2 is 1.85 bits per heavy atom. The number of halogens is 1. The predicted molar refractivity (Wildman–Crippen MR) is 87.8 cm³/mol. The number of fused-ring (bicyclic) bond motifs is 1. The molecule has 1 nitrogen and oxygen atoms in total. The van der Waals surface area contributed by atoms with Gasteiger partial charge < -0.3 is 5.73 Å². The molecule has 0 radical (unpaired) electrons. The van der Waals surface area contributed by atoms with Crippen LogP contribution in [0.4, 0.5) is 0 Å². The number of benzene rings is 2.